The number of aromatic nitrogens is 2. The molecule has 1 saturated carbocycles. The van der Waals surface area contributed by atoms with Crippen molar-refractivity contribution in [2.75, 3.05) is 13.2 Å². The van der Waals surface area contributed by atoms with Crippen molar-refractivity contribution in [3.05, 3.63) is 15.9 Å². The van der Waals surface area contributed by atoms with Crippen LogP contribution in [0.15, 0.2) is 4.47 Å². The second-order valence-corrected chi connectivity index (χ2v) is 6.18. The summed E-state index contributed by atoms with van der Waals surface area (Å²) >= 11 is 3.62. The van der Waals surface area contributed by atoms with Gasteiger partial charge in [-0.3, -0.25) is 4.68 Å². The molecule has 0 saturated heterocycles. The number of hydrogen-bond acceptors (Lipinski definition) is 3. The summed E-state index contributed by atoms with van der Waals surface area (Å²) in [4.78, 5) is 0. The number of nitrogens with zero attached hydrogens (tertiary/aromatic N) is 2. The van der Waals surface area contributed by atoms with E-state index in [1.807, 2.05) is 11.7 Å². The fourth-order valence-electron chi connectivity index (χ4n) is 2.93. The van der Waals surface area contributed by atoms with Gasteiger partial charge in [0.15, 0.2) is 0 Å². The zero-order valence-corrected chi connectivity index (χ0v) is 13.4. The molecule has 19 heavy (non-hydrogen) atoms. The molecule has 0 amide bonds. The summed E-state index contributed by atoms with van der Waals surface area (Å²) in [7, 11) is 1.97. The summed E-state index contributed by atoms with van der Waals surface area (Å²) in [6.45, 7) is 4.35. The molecular formula is C14H24BrN3O. The van der Waals surface area contributed by atoms with E-state index in [9.17, 15) is 0 Å². The number of rotatable bonds is 6. The third-order valence-electron chi connectivity index (χ3n) is 4.19. The molecule has 0 bridgehead atoms. The first kappa shape index (κ1) is 15.0. The van der Waals surface area contributed by atoms with Gasteiger partial charge in [0.2, 0.25) is 0 Å². The SMILES string of the molecule is CCc1nn(C)c(COCC2CCCC2CN)c1Br. The minimum atomic E-state index is 0.623. The highest BCUT2D eigenvalue weighted by molar-refractivity contribution is 9.10. The molecule has 1 aliphatic rings. The van der Waals surface area contributed by atoms with Gasteiger partial charge in [-0.05, 0) is 53.6 Å². The van der Waals surface area contributed by atoms with Crippen LogP contribution in [0, 0.1) is 11.8 Å². The molecule has 1 aromatic heterocycles. The van der Waals surface area contributed by atoms with Gasteiger partial charge in [0.05, 0.1) is 29.1 Å². The van der Waals surface area contributed by atoms with Crippen molar-refractivity contribution in [3.8, 4) is 0 Å². The topological polar surface area (TPSA) is 53.1 Å². The Bertz CT molecular complexity index is 419. The molecule has 1 fully saturated rings. The zero-order valence-electron chi connectivity index (χ0n) is 11.9. The van der Waals surface area contributed by atoms with Crippen molar-refractivity contribution in [1.82, 2.24) is 9.78 Å². The van der Waals surface area contributed by atoms with Gasteiger partial charge in [0, 0.05) is 7.05 Å². The van der Waals surface area contributed by atoms with E-state index in [4.69, 9.17) is 10.5 Å². The highest BCUT2D eigenvalue weighted by Crippen LogP contribution is 2.31. The molecule has 2 N–H and O–H groups in total. The first-order valence-electron chi connectivity index (χ1n) is 7.15. The van der Waals surface area contributed by atoms with Gasteiger partial charge in [-0.1, -0.05) is 13.3 Å². The average molecular weight is 330 g/mol. The molecular weight excluding hydrogens is 306 g/mol. The van der Waals surface area contributed by atoms with Gasteiger partial charge in [-0.2, -0.15) is 5.10 Å². The normalized spacial score (nSPS) is 23.2. The maximum Gasteiger partial charge on any atom is 0.0896 e. The Labute approximate surface area is 123 Å². The van der Waals surface area contributed by atoms with E-state index >= 15 is 0 Å². The smallest absolute Gasteiger partial charge is 0.0896 e. The molecule has 0 aromatic carbocycles. The van der Waals surface area contributed by atoms with Crippen LogP contribution in [0.1, 0.15) is 37.6 Å². The monoisotopic (exact) mass is 329 g/mol. The van der Waals surface area contributed by atoms with Crippen LogP contribution >= 0.6 is 15.9 Å². The van der Waals surface area contributed by atoms with Crippen LogP contribution < -0.4 is 5.73 Å². The molecule has 1 aliphatic carbocycles. The van der Waals surface area contributed by atoms with Gasteiger partial charge >= 0.3 is 0 Å². The maximum absolute atomic E-state index is 5.91. The fraction of sp³-hybridized carbons (Fsp3) is 0.786. The van der Waals surface area contributed by atoms with E-state index in [1.54, 1.807) is 0 Å². The van der Waals surface area contributed by atoms with Gasteiger partial charge in [0.25, 0.3) is 0 Å². The Morgan fingerprint density at radius 1 is 1.42 bits per heavy atom. The first-order valence-corrected chi connectivity index (χ1v) is 7.94. The van der Waals surface area contributed by atoms with Crippen LogP contribution in [0.4, 0.5) is 0 Å². The Morgan fingerprint density at radius 2 is 2.16 bits per heavy atom. The van der Waals surface area contributed by atoms with E-state index in [0.29, 0.717) is 18.4 Å². The third-order valence-corrected chi connectivity index (χ3v) is 5.11. The van der Waals surface area contributed by atoms with Crippen molar-refractivity contribution in [2.24, 2.45) is 24.6 Å². The molecule has 5 heteroatoms. The minimum absolute atomic E-state index is 0.623. The minimum Gasteiger partial charge on any atom is -0.375 e. The number of nitrogens with two attached hydrogens (primary N) is 1. The predicted octanol–water partition coefficient (Wildman–Crippen LogP) is 2.64. The quantitative estimate of drug-likeness (QED) is 0.872. The van der Waals surface area contributed by atoms with Crippen LogP contribution in [0.5, 0.6) is 0 Å². The molecule has 1 heterocycles. The highest BCUT2D eigenvalue weighted by atomic mass is 79.9. The molecule has 4 nitrogen and oxygen atoms in total. The standard InChI is InChI=1S/C14H24BrN3O/c1-3-12-14(15)13(18(2)17-12)9-19-8-11-6-4-5-10(11)7-16/h10-11H,3-9,16H2,1-2H3. The summed E-state index contributed by atoms with van der Waals surface area (Å²) < 4.78 is 8.92. The molecule has 0 aliphatic heterocycles. The van der Waals surface area contributed by atoms with Crippen LogP contribution in [-0.2, 0) is 24.8 Å². The summed E-state index contributed by atoms with van der Waals surface area (Å²) in [5.41, 5.74) is 8.02. The average Bonchev–Trinajstić information content (AvgIpc) is 2.96. The number of aryl methyl sites for hydroxylation is 2. The Kier molecular flexibility index (Phi) is 5.42. The van der Waals surface area contributed by atoms with Crippen molar-refractivity contribution in [1.29, 1.82) is 0 Å². The molecule has 0 spiro atoms. The van der Waals surface area contributed by atoms with Crippen molar-refractivity contribution in [2.45, 2.75) is 39.2 Å². The first-order chi connectivity index (χ1) is 9.17. The van der Waals surface area contributed by atoms with Crippen molar-refractivity contribution < 1.29 is 4.74 Å². The lowest BCUT2D eigenvalue weighted by Crippen LogP contribution is -2.22. The number of ether oxygens (including phenoxy) is 1. The van der Waals surface area contributed by atoms with E-state index in [1.165, 1.54) is 19.3 Å². The summed E-state index contributed by atoms with van der Waals surface area (Å²) in [6, 6.07) is 0. The van der Waals surface area contributed by atoms with Crippen molar-refractivity contribution in [3.63, 3.8) is 0 Å². The molecule has 2 atom stereocenters. The van der Waals surface area contributed by atoms with Crippen molar-refractivity contribution >= 4 is 15.9 Å². The van der Waals surface area contributed by atoms with Crippen LogP contribution in [0.3, 0.4) is 0 Å². The molecule has 2 rings (SSSR count). The van der Waals surface area contributed by atoms with E-state index in [-0.39, 0.29) is 0 Å². The molecule has 2 unspecified atom stereocenters. The van der Waals surface area contributed by atoms with Gasteiger partial charge in [-0.25, -0.2) is 0 Å². The molecule has 1 aromatic rings. The summed E-state index contributed by atoms with van der Waals surface area (Å²) in [5.74, 6) is 1.30. The Balaban J connectivity index is 1.87. The molecule has 108 valence electrons. The molecule has 0 radical (unpaired) electrons. The summed E-state index contributed by atoms with van der Waals surface area (Å²) in [6.07, 6.45) is 4.76. The lowest BCUT2D eigenvalue weighted by atomic mass is 9.97. The third kappa shape index (κ3) is 3.38. The van der Waals surface area contributed by atoms with E-state index in [2.05, 4.69) is 28.0 Å². The highest BCUT2D eigenvalue weighted by Gasteiger charge is 2.26. The second-order valence-electron chi connectivity index (χ2n) is 5.39. The second kappa shape index (κ2) is 6.86. The largest absolute Gasteiger partial charge is 0.375 e. The van der Waals surface area contributed by atoms with Crippen LogP contribution in [0.25, 0.3) is 0 Å². The van der Waals surface area contributed by atoms with Crippen LogP contribution in [0.2, 0.25) is 0 Å². The Hall–Kier alpha value is -0.390. The zero-order chi connectivity index (χ0) is 13.8. The van der Waals surface area contributed by atoms with Gasteiger partial charge in [0.1, 0.15) is 0 Å². The van der Waals surface area contributed by atoms with E-state index in [0.717, 1.165) is 35.4 Å². The summed E-state index contributed by atoms with van der Waals surface area (Å²) in [5, 5.41) is 4.48. The predicted molar refractivity (Wildman–Crippen MR) is 79.8 cm³/mol. The lowest BCUT2D eigenvalue weighted by molar-refractivity contribution is 0.0713. The maximum atomic E-state index is 5.91. The number of halogens is 1. The van der Waals surface area contributed by atoms with Gasteiger partial charge in [-0.15, -0.1) is 0 Å². The van der Waals surface area contributed by atoms with E-state index < -0.39 is 0 Å². The van der Waals surface area contributed by atoms with Gasteiger partial charge < -0.3 is 10.5 Å². The lowest BCUT2D eigenvalue weighted by Gasteiger charge is -2.17. The Morgan fingerprint density at radius 3 is 2.79 bits per heavy atom. The fourth-order valence-corrected chi connectivity index (χ4v) is 3.66. The number of hydrogen-bond donors (Lipinski definition) is 1. The van der Waals surface area contributed by atoms with Crippen LogP contribution in [-0.4, -0.2) is 22.9 Å².